The van der Waals surface area contributed by atoms with Crippen molar-refractivity contribution in [2.75, 3.05) is 19.8 Å². The second kappa shape index (κ2) is 3.07. The zero-order valence-corrected chi connectivity index (χ0v) is 9.27. The highest BCUT2D eigenvalue weighted by molar-refractivity contribution is 8.15. The summed E-state index contributed by atoms with van der Waals surface area (Å²) in [4.78, 5) is 0. The number of aliphatic hydroxyl groups excluding tert-OH is 1. The molecule has 2 aliphatic rings. The van der Waals surface area contributed by atoms with Gasteiger partial charge in [-0.15, -0.1) is 0 Å². The molecular weight excluding hydrogens is 228 g/mol. The van der Waals surface area contributed by atoms with Crippen LogP contribution in [0, 0.1) is 5.41 Å². The highest BCUT2D eigenvalue weighted by atomic mass is 35.7. The Kier molecular flexibility index (Phi) is 2.34. The maximum atomic E-state index is 11.3. The van der Waals surface area contributed by atoms with E-state index in [2.05, 4.69) is 0 Å². The molecule has 14 heavy (non-hydrogen) atoms. The molecule has 0 amide bonds. The fraction of sp³-hybridized carbons (Fsp3) is 1.00. The van der Waals surface area contributed by atoms with E-state index in [9.17, 15) is 13.5 Å². The molecule has 4 nitrogen and oxygen atoms in total. The van der Waals surface area contributed by atoms with E-state index in [1.54, 1.807) is 0 Å². The molecule has 1 saturated carbocycles. The Morgan fingerprint density at radius 3 is 2.14 bits per heavy atom. The molecule has 2 fully saturated rings. The zero-order chi connectivity index (χ0) is 10.4. The van der Waals surface area contributed by atoms with E-state index in [0.29, 0.717) is 32.5 Å². The molecule has 0 aromatic carbocycles. The lowest BCUT2D eigenvalue weighted by atomic mass is 9.81. The van der Waals surface area contributed by atoms with Gasteiger partial charge >= 0.3 is 0 Å². The van der Waals surface area contributed by atoms with Gasteiger partial charge < -0.3 is 9.84 Å². The number of hydrogen-bond donors (Lipinski definition) is 1. The monoisotopic (exact) mass is 240 g/mol. The fourth-order valence-corrected chi connectivity index (χ4v) is 3.66. The Hall–Kier alpha value is 0.160. The van der Waals surface area contributed by atoms with Crippen LogP contribution >= 0.6 is 10.7 Å². The smallest absolute Gasteiger partial charge is 0.238 e. The van der Waals surface area contributed by atoms with Gasteiger partial charge in [-0.3, -0.25) is 0 Å². The molecule has 0 radical (unpaired) electrons. The van der Waals surface area contributed by atoms with Gasteiger partial charge in [-0.05, 0) is 19.3 Å². The molecule has 1 N–H and O–H groups in total. The molecule has 0 aromatic rings. The summed E-state index contributed by atoms with van der Waals surface area (Å²) in [6.07, 6.45) is 1.66. The predicted octanol–water partition coefficient (Wildman–Crippen LogP) is 0.487. The largest absolute Gasteiger partial charge is 0.396 e. The predicted molar refractivity (Wildman–Crippen MR) is 51.7 cm³/mol. The number of hydrogen-bond acceptors (Lipinski definition) is 4. The first-order chi connectivity index (χ1) is 6.43. The SMILES string of the molecule is O=S(=O)(Cl)C1(CC2(CO)COC2)CC1. The summed E-state index contributed by atoms with van der Waals surface area (Å²) in [6.45, 7) is 0.858. The molecule has 6 heteroatoms. The van der Waals surface area contributed by atoms with Gasteiger partial charge in [0.2, 0.25) is 9.05 Å². The first kappa shape index (κ1) is 10.7. The van der Waals surface area contributed by atoms with Crippen LogP contribution in [0.1, 0.15) is 19.3 Å². The Balaban J connectivity index is 2.11. The number of halogens is 1. The van der Waals surface area contributed by atoms with Gasteiger partial charge in [0.25, 0.3) is 0 Å². The van der Waals surface area contributed by atoms with E-state index in [1.807, 2.05) is 0 Å². The van der Waals surface area contributed by atoms with Crippen molar-refractivity contribution in [3.05, 3.63) is 0 Å². The van der Waals surface area contributed by atoms with Crippen molar-refractivity contribution >= 4 is 19.7 Å². The molecule has 82 valence electrons. The number of rotatable bonds is 4. The summed E-state index contributed by atoms with van der Waals surface area (Å²) in [5, 5.41) is 9.18. The van der Waals surface area contributed by atoms with Gasteiger partial charge in [-0.2, -0.15) is 0 Å². The van der Waals surface area contributed by atoms with E-state index in [1.165, 1.54) is 0 Å². The van der Waals surface area contributed by atoms with Crippen molar-refractivity contribution in [2.45, 2.75) is 24.0 Å². The standard InChI is InChI=1S/C8H13ClO4S/c9-14(11,12)8(1-2-8)3-7(4-10)5-13-6-7/h10H,1-6H2. The highest BCUT2D eigenvalue weighted by Crippen LogP contribution is 2.54. The summed E-state index contributed by atoms with van der Waals surface area (Å²) in [5.41, 5.74) is -0.363. The highest BCUT2D eigenvalue weighted by Gasteiger charge is 2.59. The lowest BCUT2D eigenvalue weighted by Crippen LogP contribution is -2.49. The first-order valence-electron chi connectivity index (χ1n) is 4.56. The van der Waals surface area contributed by atoms with E-state index >= 15 is 0 Å². The quantitative estimate of drug-likeness (QED) is 0.727. The van der Waals surface area contributed by atoms with Crippen LogP contribution in [-0.4, -0.2) is 38.1 Å². The van der Waals surface area contributed by atoms with Gasteiger partial charge in [0.1, 0.15) is 0 Å². The van der Waals surface area contributed by atoms with Crippen molar-refractivity contribution in [2.24, 2.45) is 5.41 Å². The third kappa shape index (κ3) is 1.56. The van der Waals surface area contributed by atoms with Crippen LogP contribution in [0.3, 0.4) is 0 Å². The van der Waals surface area contributed by atoms with Gasteiger partial charge in [0.05, 0.1) is 24.6 Å². The second-order valence-electron chi connectivity index (χ2n) is 4.45. The van der Waals surface area contributed by atoms with Crippen LogP contribution in [0.25, 0.3) is 0 Å². The van der Waals surface area contributed by atoms with E-state index in [-0.39, 0.29) is 12.0 Å². The lowest BCUT2D eigenvalue weighted by Gasteiger charge is -2.41. The van der Waals surface area contributed by atoms with Gasteiger partial charge in [-0.25, -0.2) is 8.42 Å². The molecule has 1 heterocycles. The maximum Gasteiger partial charge on any atom is 0.238 e. The summed E-state index contributed by atoms with van der Waals surface area (Å²) in [5.74, 6) is 0. The summed E-state index contributed by atoms with van der Waals surface area (Å²) in [6, 6.07) is 0. The topological polar surface area (TPSA) is 63.6 Å². The summed E-state index contributed by atoms with van der Waals surface area (Å²) in [7, 11) is 1.88. The first-order valence-corrected chi connectivity index (χ1v) is 6.87. The maximum absolute atomic E-state index is 11.3. The molecule has 0 bridgehead atoms. The van der Waals surface area contributed by atoms with E-state index < -0.39 is 13.8 Å². The third-order valence-electron chi connectivity index (χ3n) is 3.17. The Morgan fingerprint density at radius 2 is 1.93 bits per heavy atom. The van der Waals surface area contributed by atoms with Crippen LogP contribution in [0.15, 0.2) is 0 Å². The molecule has 0 spiro atoms. The molecule has 0 aromatic heterocycles. The molecule has 0 unspecified atom stereocenters. The van der Waals surface area contributed by atoms with Gasteiger partial charge in [0.15, 0.2) is 0 Å². The molecule has 1 aliphatic heterocycles. The summed E-state index contributed by atoms with van der Waals surface area (Å²) >= 11 is 0. The minimum absolute atomic E-state index is 0.0266. The van der Waals surface area contributed by atoms with Crippen molar-refractivity contribution < 1.29 is 18.3 Å². The van der Waals surface area contributed by atoms with E-state index in [4.69, 9.17) is 15.4 Å². The van der Waals surface area contributed by atoms with Gasteiger partial charge in [0, 0.05) is 16.1 Å². The zero-order valence-electron chi connectivity index (χ0n) is 7.70. The van der Waals surface area contributed by atoms with Crippen LogP contribution in [0.5, 0.6) is 0 Å². The second-order valence-corrected chi connectivity index (χ2v) is 7.41. The lowest BCUT2D eigenvalue weighted by molar-refractivity contribution is -0.141. The van der Waals surface area contributed by atoms with Gasteiger partial charge in [-0.1, -0.05) is 0 Å². The Morgan fingerprint density at radius 1 is 1.36 bits per heavy atom. The molecule has 1 saturated heterocycles. The van der Waals surface area contributed by atoms with E-state index in [0.717, 1.165) is 0 Å². The average molecular weight is 241 g/mol. The normalized spacial score (nSPS) is 28.1. The molecule has 1 aliphatic carbocycles. The van der Waals surface area contributed by atoms with Crippen LogP contribution in [0.2, 0.25) is 0 Å². The van der Waals surface area contributed by atoms with Crippen molar-refractivity contribution in [3.8, 4) is 0 Å². The van der Waals surface area contributed by atoms with Crippen molar-refractivity contribution in [1.82, 2.24) is 0 Å². The number of ether oxygens (including phenoxy) is 1. The van der Waals surface area contributed by atoms with Crippen LogP contribution in [-0.2, 0) is 13.8 Å². The summed E-state index contributed by atoms with van der Waals surface area (Å²) < 4.78 is 26.8. The van der Waals surface area contributed by atoms with Crippen LogP contribution < -0.4 is 0 Å². The fourth-order valence-electron chi connectivity index (χ4n) is 1.97. The molecule has 2 rings (SSSR count). The Labute approximate surface area is 87.6 Å². The Bertz CT molecular complexity index is 324. The average Bonchev–Trinajstić information content (AvgIpc) is 2.76. The van der Waals surface area contributed by atoms with Crippen LogP contribution in [0.4, 0.5) is 0 Å². The van der Waals surface area contributed by atoms with Crippen molar-refractivity contribution in [3.63, 3.8) is 0 Å². The molecule has 0 atom stereocenters. The molecular formula is C8H13ClO4S. The number of aliphatic hydroxyl groups is 1. The minimum atomic E-state index is -3.51. The van der Waals surface area contributed by atoms with Crippen molar-refractivity contribution in [1.29, 1.82) is 0 Å². The minimum Gasteiger partial charge on any atom is -0.396 e. The third-order valence-corrected chi connectivity index (χ3v) is 5.74.